The number of carbonyl (C=O) groups excluding carboxylic acids is 5. The molecule has 46 heavy (non-hydrogen) atoms. The predicted molar refractivity (Wildman–Crippen MR) is 170 cm³/mol. The summed E-state index contributed by atoms with van der Waals surface area (Å²) < 4.78 is 25.7. The van der Waals surface area contributed by atoms with Crippen LogP contribution in [0.25, 0.3) is 22.3 Å². The maximum absolute atomic E-state index is 13.0. The first-order valence-electron chi connectivity index (χ1n) is 14.1. The zero-order chi connectivity index (χ0) is 33.8. The Balaban J connectivity index is 1.82. The fraction of sp³-hybridized carbons (Fsp3) is 0.194. The van der Waals surface area contributed by atoms with Gasteiger partial charge in [-0.15, -0.1) is 0 Å². The average molecular weight is 627 g/mol. The van der Waals surface area contributed by atoms with Gasteiger partial charge >= 0.3 is 29.8 Å². The van der Waals surface area contributed by atoms with Crippen LogP contribution in [0.2, 0.25) is 0 Å². The topological polar surface area (TPSA) is 132 Å². The van der Waals surface area contributed by atoms with Crippen molar-refractivity contribution in [3.63, 3.8) is 0 Å². The smallest absolute Gasteiger partial charge is 0.338 e. The Hall–Kier alpha value is -5.77. The van der Waals surface area contributed by atoms with Gasteiger partial charge in [-0.05, 0) is 85.5 Å². The lowest BCUT2D eigenvalue weighted by Gasteiger charge is -2.12. The zero-order valence-electron chi connectivity index (χ0n) is 25.9. The molecule has 0 aromatic heterocycles. The SMILES string of the molecule is C=C(C)C(=O)OCCOC(=O)c1ccc(-c2cc(C(=O)OCCOC(=O)C(=C)C)cc(-c3ccc(OC(=O)C(=C)C)cc3)c2)cc1. The van der Waals surface area contributed by atoms with Gasteiger partial charge in [0.1, 0.15) is 32.2 Å². The number of carbonyl (C=O) groups is 5. The van der Waals surface area contributed by atoms with Crippen LogP contribution < -0.4 is 4.74 Å². The lowest BCUT2D eigenvalue weighted by Crippen LogP contribution is -2.14. The molecule has 0 fully saturated rings. The average Bonchev–Trinajstić information content (AvgIpc) is 3.04. The van der Waals surface area contributed by atoms with E-state index in [1.54, 1.807) is 67.6 Å². The lowest BCUT2D eigenvalue weighted by atomic mass is 9.95. The van der Waals surface area contributed by atoms with Crippen LogP contribution >= 0.6 is 0 Å². The summed E-state index contributed by atoms with van der Waals surface area (Å²) in [5.74, 6) is -2.62. The number of rotatable bonds is 14. The van der Waals surface area contributed by atoms with Crippen LogP contribution in [0.3, 0.4) is 0 Å². The fourth-order valence-electron chi connectivity index (χ4n) is 3.74. The molecule has 0 aliphatic heterocycles. The van der Waals surface area contributed by atoms with E-state index in [0.29, 0.717) is 28.0 Å². The molecule has 0 atom stereocenters. The van der Waals surface area contributed by atoms with Crippen molar-refractivity contribution in [2.45, 2.75) is 20.8 Å². The molecule has 0 amide bonds. The summed E-state index contributed by atoms with van der Waals surface area (Å²) in [5, 5.41) is 0. The zero-order valence-corrected chi connectivity index (χ0v) is 25.9. The summed E-state index contributed by atoms with van der Waals surface area (Å²) in [4.78, 5) is 60.5. The molecule has 238 valence electrons. The van der Waals surface area contributed by atoms with Crippen molar-refractivity contribution in [3.05, 3.63) is 114 Å². The highest BCUT2D eigenvalue weighted by Crippen LogP contribution is 2.30. The molecule has 0 N–H and O–H groups in total. The molecule has 0 aliphatic rings. The minimum absolute atomic E-state index is 0.102. The molecule has 3 aromatic rings. The van der Waals surface area contributed by atoms with E-state index in [1.165, 1.54) is 13.8 Å². The molecule has 0 spiro atoms. The number of benzene rings is 3. The van der Waals surface area contributed by atoms with Crippen LogP contribution in [0.1, 0.15) is 41.5 Å². The molecule has 0 heterocycles. The number of hydrogen-bond acceptors (Lipinski definition) is 10. The Kier molecular flexibility index (Phi) is 12.3. The van der Waals surface area contributed by atoms with Crippen molar-refractivity contribution < 1.29 is 47.7 Å². The van der Waals surface area contributed by atoms with Gasteiger partial charge in [-0.1, -0.05) is 44.0 Å². The Morgan fingerprint density at radius 3 is 1.30 bits per heavy atom. The minimum Gasteiger partial charge on any atom is -0.459 e. The number of hydrogen-bond donors (Lipinski definition) is 0. The van der Waals surface area contributed by atoms with E-state index in [2.05, 4.69) is 19.7 Å². The molecule has 3 rings (SSSR count). The van der Waals surface area contributed by atoms with Crippen LogP contribution in [0, 0.1) is 0 Å². The molecule has 0 bridgehead atoms. The first kappa shape index (κ1) is 34.7. The van der Waals surface area contributed by atoms with Crippen LogP contribution in [-0.2, 0) is 33.3 Å². The highest BCUT2D eigenvalue weighted by molar-refractivity contribution is 5.94. The minimum atomic E-state index is -0.644. The largest absolute Gasteiger partial charge is 0.459 e. The Bertz CT molecular complexity index is 1660. The molecule has 10 nitrogen and oxygen atoms in total. The summed E-state index contributed by atoms with van der Waals surface area (Å²) in [5.41, 5.74) is 3.93. The molecule has 0 aliphatic carbocycles. The molecule has 0 unspecified atom stereocenters. The highest BCUT2D eigenvalue weighted by atomic mass is 16.6. The van der Waals surface area contributed by atoms with Crippen LogP contribution in [0.15, 0.2) is 103 Å². The van der Waals surface area contributed by atoms with E-state index in [0.717, 1.165) is 0 Å². The van der Waals surface area contributed by atoms with Crippen molar-refractivity contribution in [2.24, 2.45) is 0 Å². The first-order chi connectivity index (χ1) is 21.8. The van der Waals surface area contributed by atoms with E-state index >= 15 is 0 Å². The molecular formula is C36H34O10. The summed E-state index contributed by atoms with van der Waals surface area (Å²) in [7, 11) is 0. The molecular weight excluding hydrogens is 592 g/mol. The van der Waals surface area contributed by atoms with Gasteiger partial charge in [0, 0.05) is 16.7 Å². The van der Waals surface area contributed by atoms with Crippen molar-refractivity contribution in [1.82, 2.24) is 0 Å². The first-order valence-corrected chi connectivity index (χ1v) is 14.1. The second-order valence-corrected chi connectivity index (χ2v) is 10.2. The molecule has 0 saturated heterocycles. The molecule has 3 aromatic carbocycles. The van der Waals surface area contributed by atoms with Crippen molar-refractivity contribution in [1.29, 1.82) is 0 Å². The second kappa shape index (κ2) is 16.3. The van der Waals surface area contributed by atoms with E-state index in [4.69, 9.17) is 23.7 Å². The van der Waals surface area contributed by atoms with Crippen molar-refractivity contribution in [2.75, 3.05) is 26.4 Å². The monoisotopic (exact) mass is 626 g/mol. The third-order valence-electron chi connectivity index (χ3n) is 6.17. The summed E-state index contributed by atoms with van der Waals surface area (Å²) in [6, 6.07) is 18.4. The second-order valence-electron chi connectivity index (χ2n) is 10.2. The van der Waals surface area contributed by atoms with Crippen molar-refractivity contribution >= 4 is 29.8 Å². The number of esters is 5. The van der Waals surface area contributed by atoms with Gasteiger partial charge in [0.05, 0.1) is 11.1 Å². The predicted octanol–water partition coefficient (Wildman–Crippen LogP) is 6.05. The van der Waals surface area contributed by atoms with Gasteiger partial charge in [0.25, 0.3) is 0 Å². The molecule has 0 saturated carbocycles. The summed E-state index contributed by atoms with van der Waals surface area (Å²) >= 11 is 0. The van der Waals surface area contributed by atoms with Crippen LogP contribution in [0.4, 0.5) is 0 Å². The standard InChI is InChI=1S/C36H34O10/c1-22(2)32(37)42-15-17-44-35(40)27-9-7-25(8-10-27)28-19-29(26-11-13-31(14-12-26)46-34(39)24(5)6)21-30(20-28)36(41)45-18-16-43-33(38)23(3)4/h7-14,19-21H,1,3,5,15-18H2,2,4,6H3. The highest BCUT2D eigenvalue weighted by Gasteiger charge is 2.15. The summed E-state index contributed by atoms with van der Waals surface area (Å²) in [6.07, 6.45) is 0. The molecule has 10 heteroatoms. The Morgan fingerprint density at radius 2 is 0.870 bits per heavy atom. The van der Waals surface area contributed by atoms with Crippen LogP contribution in [-0.4, -0.2) is 56.3 Å². The normalized spacial score (nSPS) is 10.2. The molecule has 0 radical (unpaired) electrons. The van der Waals surface area contributed by atoms with E-state index in [1.807, 2.05) is 6.07 Å². The maximum Gasteiger partial charge on any atom is 0.338 e. The van der Waals surface area contributed by atoms with Crippen LogP contribution in [0.5, 0.6) is 5.75 Å². The van der Waals surface area contributed by atoms with Gasteiger partial charge in [0.15, 0.2) is 0 Å². The van der Waals surface area contributed by atoms with Gasteiger partial charge in [0.2, 0.25) is 0 Å². The Labute approximate surface area is 266 Å². The van der Waals surface area contributed by atoms with Gasteiger partial charge < -0.3 is 23.7 Å². The van der Waals surface area contributed by atoms with E-state index < -0.39 is 29.8 Å². The van der Waals surface area contributed by atoms with Gasteiger partial charge in [-0.2, -0.15) is 0 Å². The van der Waals surface area contributed by atoms with E-state index in [-0.39, 0.29) is 54.3 Å². The number of ether oxygens (including phenoxy) is 5. The quantitative estimate of drug-likeness (QED) is 0.0685. The van der Waals surface area contributed by atoms with Gasteiger partial charge in [-0.25, -0.2) is 24.0 Å². The maximum atomic E-state index is 13.0. The third kappa shape index (κ3) is 10.2. The van der Waals surface area contributed by atoms with E-state index in [9.17, 15) is 24.0 Å². The van der Waals surface area contributed by atoms with Crippen molar-refractivity contribution in [3.8, 4) is 28.0 Å². The fourth-order valence-corrected chi connectivity index (χ4v) is 3.74. The summed E-state index contributed by atoms with van der Waals surface area (Å²) in [6.45, 7) is 14.6. The Morgan fingerprint density at radius 1 is 0.478 bits per heavy atom. The lowest BCUT2D eigenvalue weighted by molar-refractivity contribution is -0.140. The van der Waals surface area contributed by atoms with Gasteiger partial charge in [-0.3, -0.25) is 0 Å². The third-order valence-corrected chi connectivity index (χ3v) is 6.17.